The Bertz CT molecular complexity index is 515. The van der Waals surface area contributed by atoms with Crippen LogP contribution in [0.5, 0.6) is 5.75 Å². The van der Waals surface area contributed by atoms with E-state index < -0.39 is 0 Å². The molecule has 0 bridgehead atoms. The molecular weight excluding hydrogens is 312 g/mol. The van der Waals surface area contributed by atoms with E-state index in [1.54, 1.807) is 18.4 Å². The fraction of sp³-hybridized carbons (Fsp3) is 0.231. The third-order valence-corrected chi connectivity index (χ3v) is 4.56. The van der Waals surface area contributed by atoms with Crippen LogP contribution >= 0.6 is 27.3 Å². The molecule has 96 valence electrons. The van der Waals surface area contributed by atoms with Crippen molar-refractivity contribution in [1.82, 2.24) is 5.43 Å². The summed E-state index contributed by atoms with van der Waals surface area (Å²) in [5, 5.41) is 1.99. The summed E-state index contributed by atoms with van der Waals surface area (Å²) in [5.41, 5.74) is 4.09. The molecule has 2 aromatic rings. The molecule has 3 nitrogen and oxygen atoms in total. The maximum Gasteiger partial charge on any atom is 0.129 e. The molecule has 1 heterocycles. The number of halogens is 1. The highest BCUT2D eigenvalue weighted by Crippen LogP contribution is 2.30. The number of methoxy groups -OCH3 is 1. The van der Waals surface area contributed by atoms with E-state index in [2.05, 4.69) is 27.4 Å². The highest BCUT2D eigenvalue weighted by molar-refractivity contribution is 9.10. The number of thiophene rings is 1. The van der Waals surface area contributed by atoms with Gasteiger partial charge in [-0.15, -0.1) is 11.3 Å². The topological polar surface area (TPSA) is 47.3 Å². The van der Waals surface area contributed by atoms with Gasteiger partial charge in [0.1, 0.15) is 5.75 Å². The van der Waals surface area contributed by atoms with Gasteiger partial charge in [0.2, 0.25) is 0 Å². The quantitative estimate of drug-likeness (QED) is 0.654. The van der Waals surface area contributed by atoms with E-state index in [1.165, 1.54) is 10.4 Å². The number of hydrazine groups is 1. The molecule has 1 aromatic carbocycles. The molecule has 0 aliphatic rings. The summed E-state index contributed by atoms with van der Waals surface area (Å²) >= 11 is 5.20. The summed E-state index contributed by atoms with van der Waals surface area (Å²) in [6.07, 6.45) is 0.835. The zero-order chi connectivity index (χ0) is 13.0. The molecule has 1 aromatic heterocycles. The maximum absolute atomic E-state index is 5.65. The van der Waals surface area contributed by atoms with Crippen LogP contribution in [0.2, 0.25) is 0 Å². The number of rotatable bonds is 5. The van der Waals surface area contributed by atoms with E-state index >= 15 is 0 Å². The minimum absolute atomic E-state index is 0.0950. The highest BCUT2D eigenvalue weighted by Gasteiger charge is 2.14. The van der Waals surface area contributed by atoms with Crippen LogP contribution in [0, 0.1) is 0 Å². The van der Waals surface area contributed by atoms with E-state index in [-0.39, 0.29) is 6.04 Å². The number of nitrogens with one attached hydrogen (secondary N) is 1. The largest absolute Gasteiger partial charge is 0.496 e. The predicted octanol–water partition coefficient (Wildman–Crippen LogP) is 3.27. The first-order valence-electron chi connectivity index (χ1n) is 5.56. The predicted molar refractivity (Wildman–Crippen MR) is 78.8 cm³/mol. The molecule has 0 fully saturated rings. The molecule has 0 saturated heterocycles. The molecule has 0 aliphatic heterocycles. The van der Waals surface area contributed by atoms with Crippen molar-refractivity contribution >= 4 is 27.3 Å². The van der Waals surface area contributed by atoms with Gasteiger partial charge in [0.15, 0.2) is 0 Å². The summed E-state index contributed by atoms with van der Waals surface area (Å²) in [6, 6.07) is 10.3. The first-order valence-corrected chi connectivity index (χ1v) is 7.24. The Balaban J connectivity index is 2.17. The van der Waals surface area contributed by atoms with Crippen molar-refractivity contribution in [3.63, 3.8) is 0 Å². The van der Waals surface area contributed by atoms with Gasteiger partial charge in [-0.3, -0.25) is 11.3 Å². The van der Waals surface area contributed by atoms with Crippen molar-refractivity contribution in [2.24, 2.45) is 5.84 Å². The molecule has 0 aliphatic carbocycles. The zero-order valence-electron chi connectivity index (χ0n) is 10.0. The fourth-order valence-electron chi connectivity index (χ4n) is 1.75. The monoisotopic (exact) mass is 326 g/mol. The summed E-state index contributed by atoms with van der Waals surface area (Å²) < 4.78 is 6.30. The lowest BCUT2D eigenvalue weighted by Crippen LogP contribution is -2.29. The molecule has 0 radical (unpaired) electrons. The molecule has 0 amide bonds. The summed E-state index contributed by atoms with van der Waals surface area (Å²) in [6.45, 7) is 0. The van der Waals surface area contributed by atoms with Gasteiger partial charge in [-0.25, -0.2) is 0 Å². The lowest BCUT2D eigenvalue weighted by atomic mass is 10.1. The molecule has 0 spiro atoms. The first kappa shape index (κ1) is 13.5. The van der Waals surface area contributed by atoms with Crippen LogP contribution < -0.4 is 16.0 Å². The van der Waals surface area contributed by atoms with Crippen molar-refractivity contribution in [3.05, 3.63) is 50.6 Å². The zero-order valence-corrected chi connectivity index (χ0v) is 12.4. The van der Waals surface area contributed by atoms with E-state index in [1.807, 2.05) is 29.6 Å². The second-order valence-electron chi connectivity index (χ2n) is 3.90. The molecule has 1 atom stereocenters. The van der Waals surface area contributed by atoms with E-state index in [0.29, 0.717) is 0 Å². The highest BCUT2D eigenvalue weighted by atomic mass is 79.9. The van der Waals surface area contributed by atoms with Crippen LogP contribution in [-0.2, 0) is 6.42 Å². The average molecular weight is 327 g/mol. The Morgan fingerprint density at radius 2 is 2.22 bits per heavy atom. The third-order valence-electron chi connectivity index (χ3n) is 2.76. The normalized spacial score (nSPS) is 12.4. The first-order chi connectivity index (χ1) is 8.74. The minimum atomic E-state index is 0.0950. The van der Waals surface area contributed by atoms with Crippen molar-refractivity contribution < 1.29 is 4.74 Å². The summed E-state index contributed by atoms with van der Waals surface area (Å²) in [7, 11) is 1.67. The standard InChI is InChI=1S/C13H15BrN2OS/c1-17-10-7-13(18-8-10)12(16-15)6-9-4-2-3-5-11(9)14/h2-5,7-8,12,16H,6,15H2,1H3. The van der Waals surface area contributed by atoms with Crippen molar-refractivity contribution in [2.75, 3.05) is 7.11 Å². The Morgan fingerprint density at radius 1 is 1.44 bits per heavy atom. The van der Waals surface area contributed by atoms with Crippen LogP contribution in [0.25, 0.3) is 0 Å². The molecule has 3 N–H and O–H groups in total. The molecule has 5 heteroatoms. The van der Waals surface area contributed by atoms with E-state index in [4.69, 9.17) is 10.6 Å². The Kier molecular flexibility index (Phi) is 4.77. The lowest BCUT2D eigenvalue weighted by Gasteiger charge is -2.15. The summed E-state index contributed by atoms with van der Waals surface area (Å²) in [5.74, 6) is 6.53. The van der Waals surface area contributed by atoms with Crippen molar-refractivity contribution in [1.29, 1.82) is 0 Å². The second kappa shape index (κ2) is 6.33. The average Bonchev–Trinajstić information content (AvgIpc) is 2.86. The fourth-order valence-corrected chi connectivity index (χ4v) is 3.11. The van der Waals surface area contributed by atoms with Crippen LogP contribution in [0.15, 0.2) is 40.2 Å². The summed E-state index contributed by atoms with van der Waals surface area (Å²) in [4.78, 5) is 1.17. The van der Waals surface area contributed by atoms with Gasteiger partial charge in [0.05, 0.1) is 13.2 Å². The third kappa shape index (κ3) is 3.11. The van der Waals surface area contributed by atoms with Gasteiger partial charge < -0.3 is 4.74 Å². The van der Waals surface area contributed by atoms with Gasteiger partial charge in [-0.05, 0) is 24.1 Å². The van der Waals surface area contributed by atoms with Gasteiger partial charge in [-0.1, -0.05) is 34.1 Å². The molecule has 0 saturated carbocycles. The number of benzene rings is 1. The van der Waals surface area contributed by atoms with Crippen LogP contribution in [-0.4, -0.2) is 7.11 Å². The Morgan fingerprint density at radius 3 is 2.83 bits per heavy atom. The van der Waals surface area contributed by atoms with Gasteiger partial charge in [0.25, 0.3) is 0 Å². The smallest absolute Gasteiger partial charge is 0.129 e. The van der Waals surface area contributed by atoms with E-state index in [0.717, 1.165) is 16.6 Å². The van der Waals surface area contributed by atoms with Crippen molar-refractivity contribution in [3.8, 4) is 5.75 Å². The van der Waals surface area contributed by atoms with Gasteiger partial charge in [0, 0.05) is 14.7 Å². The molecule has 18 heavy (non-hydrogen) atoms. The van der Waals surface area contributed by atoms with Crippen LogP contribution in [0.3, 0.4) is 0 Å². The van der Waals surface area contributed by atoms with Gasteiger partial charge in [-0.2, -0.15) is 0 Å². The minimum Gasteiger partial charge on any atom is -0.496 e. The van der Waals surface area contributed by atoms with E-state index in [9.17, 15) is 0 Å². The number of hydrogen-bond acceptors (Lipinski definition) is 4. The SMILES string of the molecule is COc1csc(C(Cc2ccccc2Br)NN)c1. The van der Waals surface area contributed by atoms with Crippen LogP contribution in [0.1, 0.15) is 16.5 Å². The Hall–Kier alpha value is -0.880. The number of ether oxygens (including phenoxy) is 1. The van der Waals surface area contributed by atoms with Crippen LogP contribution in [0.4, 0.5) is 0 Å². The molecular formula is C13H15BrN2OS. The maximum atomic E-state index is 5.65. The number of hydrogen-bond donors (Lipinski definition) is 2. The lowest BCUT2D eigenvalue weighted by molar-refractivity contribution is 0.415. The Labute approximate surface area is 119 Å². The van der Waals surface area contributed by atoms with Crippen molar-refractivity contribution in [2.45, 2.75) is 12.5 Å². The number of nitrogens with two attached hydrogens (primary N) is 1. The second-order valence-corrected chi connectivity index (χ2v) is 5.70. The van der Waals surface area contributed by atoms with Gasteiger partial charge >= 0.3 is 0 Å². The molecule has 2 rings (SSSR count). The molecule has 1 unspecified atom stereocenters.